The minimum atomic E-state index is -0.826. The van der Waals surface area contributed by atoms with Gasteiger partial charge < -0.3 is 19.5 Å². The first-order valence-corrected chi connectivity index (χ1v) is 9.39. The van der Waals surface area contributed by atoms with Gasteiger partial charge in [-0.15, -0.1) is 11.8 Å². The molecule has 1 N–H and O–H groups in total. The topological polar surface area (TPSA) is 117 Å². The lowest BCUT2D eigenvalue weighted by Crippen LogP contribution is -2.21. The zero-order valence-electron chi connectivity index (χ0n) is 14.8. The molecule has 28 heavy (non-hydrogen) atoms. The van der Waals surface area contributed by atoms with Gasteiger partial charge in [-0.2, -0.15) is 0 Å². The number of hydrogen-bond acceptors (Lipinski definition) is 8. The number of carbonyl (C=O) groups excluding carboxylic acids is 2. The van der Waals surface area contributed by atoms with Crippen molar-refractivity contribution in [3.8, 4) is 11.5 Å². The van der Waals surface area contributed by atoms with E-state index in [4.69, 9.17) is 14.2 Å². The van der Waals surface area contributed by atoms with Crippen molar-refractivity contribution in [3.05, 3.63) is 52.1 Å². The number of esters is 1. The van der Waals surface area contributed by atoms with Gasteiger partial charge in [0.05, 0.1) is 15.4 Å². The van der Waals surface area contributed by atoms with Gasteiger partial charge >= 0.3 is 5.97 Å². The average molecular weight is 404 g/mol. The highest BCUT2D eigenvalue weighted by Gasteiger charge is 2.19. The van der Waals surface area contributed by atoms with Crippen LogP contribution in [-0.2, 0) is 9.53 Å². The van der Waals surface area contributed by atoms with Gasteiger partial charge in [0, 0.05) is 17.8 Å². The van der Waals surface area contributed by atoms with E-state index in [0.717, 1.165) is 6.07 Å². The van der Waals surface area contributed by atoms with Gasteiger partial charge in [0.15, 0.2) is 18.1 Å². The van der Waals surface area contributed by atoms with Crippen LogP contribution < -0.4 is 14.8 Å². The van der Waals surface area contributed by atoms with Crippen LogP contribution in [0.1, 0.15) is 10.4 Å². The van der Waals surface area contributed by atoms with Crippen molar-refractivity contribution in [1.82, 2.24) is 0 Å². The second kappa shape index (κ2) is 8.61. The predicted octanol–water partition coefficient (Wildman–Crippen LogP) is 2.88. The Hall–Kier alpha value is -3.27. The summed E-state index contributed by atoms with van der Waals surface area (Å²) >= 11 is 1.20. The van der Waals surface area contributed by atoms with E-state index in [2.05, 4.69) is 5.32 Å². The monoisotopic (exact) mass is 404 g/mol. The molecule has 0 radical (unpaired) electrons. The molecule has 0 fully saturated rings. The van der Waals surface area contributed by atoms with E-state index in [0.29, 0.717) is 35.3 Å². The van der Waals surface area contributed by atoms with Gasteiger partial charge in [-0.05, 0) is 30.5 Å². The fourth-order valence-electron chi connectivity index (χ4n) is 2.49. The second-order valence-electron chi connectivity index (χ2n) is 5.63. The molecule has 10 heteroatoms. The van der Waals surface area contributed by atoms with Crippen LogP contribution in [0.2, 0.25) is 0 Å². The van der Waals surface area contributed by atoms with Crippen LogP contribution in [0, 0.1) is 10.1 Å². The maximum atomic E-state index is 12.1. The summed E-state index contributed by atoms with van der Waals surface area (Å²) in [6, 6.07) is 8.93. The van der Waals surface area contributed by atoms with Crippen molar-refractivity contribution in [2.75, 3.05) is 31.4 Å². The molecule has 146 valence electrons. The quantitative estimate of drug-likeness (QED) is 0.338. The van der Waals surface area contributed by atoms with Crippen molar-refractivity contribution >= 4 is 35.0 Å². The zero-order chi connectivity index (χ0) is 20.1. The van der Waals surface area contributed by atoms with Crippen molar-refractivity contribution in [2.45, 2.75) is 4.90 Å². The third-order valence-corrected chi connectivity index (χ3v) is 4.56. The molecule has 0 saturated heterocycles. The Bertz CT molecular complexity index is 932. The third kappa shape index (κ3) is 4.52. The summed E-state index contributed by atoms with van der Waals surface area (Å²) < 4.78 is 15.8. The van der Waals surface area contributed by atoms with Crippen molar-refractivity contribution < 1.29 is 28.7 Å². The van der Waals surface area contributed by atoms with Gasteiger partial charge in [-0.1, -0.05) is 0 Å². The fourth-order valence-corrected chi connectivity index (χ4v) is 3.04. The third-order valence-electron chi connectivity index (χ3n) is 3.77. The first-order chi connectivity index (χ1) is 13.5. The molecule has 1 amide bonds. The lowest BCUT2D eigenvalue weighted by molar-refractivity contribution is -0.387. The number of nitrogens with one attached hydrogen (secondary N) is 1. The Kier molecular flexibility index (Phi) is 5.99. The summed E-state index contributed by atoms with van der Waals surface area (Å²) in [5.41, 5.74) is 0.268. The molecular weight excluding hydrogens is 388 g/mol. The Morgan fingerprint density at radius 2 is 1.93 bits per heavy atom. The van der Waals surface area contributed by atoms with E-state index >= 15 is 0 Å². The van der Waals surface area contributed by atoms with E-state index < -0.39 is 23.4 Å². The number of fused-ring (bicyclic) bond motifs is 1. The molecule has 2 aromatic rings. The maximum Gasteiger partial charge on any atom is 0.338 e. The predicted molar refractivity (Wildman–Crippen MR) is 101 cm³/mol. The van der Waals surface area contributed by atoms with E-state index in [9.17, 15) is 19.7 Å². The summed E-state index contributed by atoms with van der Waals surface area (Å²) in [5, 5.41) is 13.7. The molecule has 0 aliphatic carbocycles. The van der Waals surface area contributed by atoms with E-state index in [-0.39, 0.29) is 11.3 Å². The molecule has 0 atom stereocenters. The number of thioether (sulfide) groups is 1. The molecule has 0 aromatic heterocycles. The number of benzene rings is 2. The van der Waals surface area contributed by atoms with Crippen LogP contribution in [0.3, 0.4) is 0 Å². The van der Waals surface area contributed by atoms with Gasteiger partial charge in [0.2, 0.25) is 0 Å². The molecule has 1 heterocycles. The largest absolute Gasteiger partial charge is 0.486 e. The smallest absolute Gasteiger partial charge is 0.338 e. The minimum absolute atomic E-state index is 0.00312. The van der Waals surface area contributed by atoms with Crippen LogP contribution in [-0.4, -0.2) is 42.9 Å². The molecule has 0 saturated carbocycles. The molecule has 0 unspecified atom stereocenters. The molecule has 3 rings (SSSR count). The molecule has 1 aliphatic rings. The lowest BCUT2D eigenvalue weighted by atomic mass is 10.2. The highest BCUT2D eigenvalue weighted by molar-refractivity contribution is 7.98. The molecule has 9 nitrogen and oxygen atoms in total. The van der Waals surface area contributed by atoms with Crippen LogP contribution in [0.15, 0.2) is 41.3 Å². The Morgan fingerprint density at radius 3 is 2.64 bits per heavy atom. The number of nitro benzene ring substituents is 1. The van der Waals surface area contributed by atoms with Crippen molar-refractivity contribution in [2.24, 2.45) is 0 Å². The van der Waals surface area contributed by atoms with Crippen LogP contribution >= 0.6 is 11.8 Å². The van der Waals surface area contributed by atoms with E-state index in [1.807, 2.05) is 0 Å². The highest BCUT2D eigenvalue weighted by Crippen LogP contribution is 2.32. The zero-order valence-corrected chi connectivity index (χ0v) is 15.6. The SMILES string of the molecule is CSc1ccc(C(=O)OCC(=O)Nc2ccc3c(c2)OCCO3)cc1[N+](=O)[O-]. The summed E-state index contributed by atoms with van der Waals surface area (Å²) in [5.74, 6) is -0.276. The Balaban J connectivity index is 1.59. The molecule has 1 aliphatic heterocycles. The molecular formula is C18H16N2O7S. The molecule has 0 spiro atoms. The number of nitrogens with zero attached hydrogens (tertiary/aromatic N) is 1. The highest BCUT2D eigenvalue weighted by atomic mass is 32.2. The van der Waals surface area contributed by atoms with Crippen molar-refractivity contribution in [1.29, 1.82) is 0 Å². The fraction of sp³-hybridized carbons (Fsp3) is 0.222. The average Bonchev–Trinajstić information content (AvgIpc) is 2.71. The maximum absolute atomic E-state index is 12.1. The molecule has 0 bridgehead atoms. The van der Waals surface area contributed by atoms with Crippen LogP contribution in [0.5, 0.6) is 11.5 Å². The van der Waals surface area contributed by atoms with Crippen LogP contribution in [0.25, 0.3) is 0 Å². The number of nitro groups is 1. The summed E-state index contributed by atoms with van der Waals surface area (Å²) in [7, 11) is 0. The second-order valence-corrected chi connectivity index (χ2v) is 6.47. The number of ether oxygens (including phenoxy) is 3. The van der Waals surface area contributed by atoms with Gasteiger partial charge in [-0.25, -0.2) is 4.79 Å². The summed E-state index contributed by atoms with van der Waals surface area (Å²) in [4.78, 5) is 35.1. The summed E-state index contributed by atoms with van der Waals surface area (Å²) in [6.45, 7) is 0.347. The number of carbonyl (C=O) groups is 2. The first kappa shape index (κ1) is 19.5. The normalized spacial score (nSPS) is 12.2. The van der Waals surface area contributed by atoms with E-state index in [1.54, 1.807) is 24.5 Å². The minimum Gasteiger partial charge on any atom is -0.486 e. The Labute approximate surface area is 164 Å². The van der Waals surface area contributed by atoms with Gasteiger partial charge in [0.25, 0.3) is 11.6 Å². The van der Waals surface area contributed by atoms with Crippen LogP contribution in [0.4, 0.5) is 11.4 Å². The lowest BCUT2D eigenvalue weighted by Gasteiger charge is -2.19. The van der Waals surface area contributed by atoms with Crippen molar-refractivity contribution in [3.63, 3.8) is 0 Å². The number of rotatable bonds is 6. The number of anilines is 1. The summed E-state index contributed by atoms with van der Waals surface area (Å²) in [6.07, 6.45) is 1.70. The van der Waals surface area contributed by atoms with Gasteiger partial charge in [0.1, 0.15) is 13.2 Å². The first-order valence-electron chi connectivity index (χ1n) is 8.17. The van der Waals surface area contributed by atoms with Gasteiger partial charge in [-0.3, -0.25) is 14.9 Å². The van der Waals surface area contributed by atoms with E-state index in [1.165, 1.54) is 23.9 Å². The standard InChI is InChI=1S/C18H16N2O7S/c1-28-16-5-2-11(8-13(16)20(23)24)18(22)27-10-17(21)19-12-3-4-14-15(9-12)26-7-6-25-14/h2-5,8-9H,6-7,10H2,1H3,(H,19,21). The number of hydrogen-bond donors (Lipinski definition) is 1. The number of amides is 1. The Morgan fingerprint density at radius 1 is 1.18 bits per heavy atom. The molecule has 2 aromatic carbocycles.